The van der Waals surface area contributed by atoms with Gasteiger partial charge in [0.1, 0.15) is 5.60 Å². The van der Waals surface area contributed by atoms with Gasteiger partial charge in [0.05, 0.1) is 0 Å². The Labute approximate surface area is 215 Å². The van der Waals surface area contributed by atoms with Crippen molar-refractivity contribution in [1.82, 2.24) is 9.80 Å². The van der Waals surface area contributed by atoms with Crippen LogP contribution in [-0.4, -0.2) is 53.6 Å². The molecule has 1 N–H and O–H groups in total. The van der Waals surface area contributed by atoms with Crippen LogP contribution in [0.15, 0.2) is 54.6 Å². The molecule has 0 aromatic heterocycles. The van der Waals surface area contributed by atoms with E-state index >= 15 is 0 Å². The lowest BCUT2D eigenvalue weighted by Crippen LogP contribution is -2.62. The summed E-state index contributed by atoms with van der Waals surface area (Å²) in [6, 6.07) is 18.8. The van der Waals surface area contributed by atoms with E-state index in [-0.39, 0.29) is 16.7 Å². The van der Waals surface area contributed by atoms with Gasteiger partial charge in [-0.1, -0.05) is 56.3 Å². The Balaban J connectivity index is 1.30. The van der Waals surface area contributed by atoms with Gasteiger partial charge in [-0.3, -0.25) is 15.0 Å². The van der Waals surface area contributed by atoms with E-state index in [0.717, 1.165) is 44.8 Å². The number of hydrogen-bond acceptors (Lipinski definition) is 4. The van der Waals surface area contributed by atoms with Gasteiger partial charge in [-0.15, -0.1) is 0 Å². The fourth-order valence-corrected chi connectivity index (χ4v) is 6.01. The molecular formula is C30H39N3O3. The van der Waals surface area contributed by atoms with E-state index in [2.05, 4.69) is 71.4 Å². The second kappa shape index (κ2) is 8.91. The van der Waals surface area contributed by atoms with E-state index in [1.165, 1.54) is 11.1 Å². The molecule has 6 heteroatoms. The monoisotopic (exact) mass is 489 g/mol. The summed E-state index contributed by atoms with van der Waals surface area (Å²) in [5.74, 6) is 0.865. The summed E-state index contributed by atoms with van der Waals surface area (Å²) in [5.41, 5.74) is 3.00. The molecular weight excluding hydrogens is 450 g/mol. The highest BCUT2D eigenvalue weighted by Gasteiger charge is 2.59. The van der Waals surface area contributed by atoms with Crippen molar-refractivity contribution in [2.75, 3.05) is 31.5 Å². The molecule has 2 aromatic rings. The lowest BCUT2D eigenvalue weighted by atomic mass is 9.68. The topological polar surface area (TPSA) is 61.9 Å². The van der Waals surface area contributed by atoms with Crippen LogP contribution in [0.2, 0.25) is 0 Å². The van der Waals surface area contributed by atoms with Gasteiger partial charge in [-0.25, -0.2) is 4.79 Å². The van der Waals surface area contributed by atoms with Crippen molar-refractivity contribution in [3.63, 3.8) is 0 Å². The number of nitrogens with zero attached hydrogens (tertiary/aromatic N) is 2. The fourth-order valence-electron chi connectivity index (χ4n) is 6.01. The van der Waals surface area contributed by atoms with Gasteiger partial charge in [0.25, 0.3) is 0 Å². The third-order valence-electron chi connectivity index (χ3n) is 8.06. The lowest BCUT2D eigenvalue weighted by Gasteiger charge is -2.51. The first-order valence-electron chi connectivity index (χ1n) is 13.1. The summed E-state index contributed by atoms with van der Waals surface area (Å²) in [5, 5.41) is 2.83. The van der Waals surface area contributed by atoms with Crippen molar-refractivity contribution in [2.45, 2.75) is 59.1 Å². The van der Waals surface area contributed by atoms with E-state index < -0.39 is 11.7 Å². The maximum absolute atomic E-state index is 13.1. The van der Waals surface area contributed by atoms with Crippen LogP contribution in [0.25, 0.3) is 0 Å². The van der Waals surface area contributed by atoms with Crippen molar-refractivity contribution in [3.05, 3.63) is 65.7 Å². The van der Waals surface area contributed by atoms with Gasteiger partial charge in [0, 0.05) is 55.7 Å². The van der Waals surface area contributed by atoms with Gasteiger partial charge < -0.3 is 9.64 Å². The third kappa shape index (κ3) is 5.15. The number of anilines is 1. The second-order valence-electron chi connectivity index (χ2n) is 12.8. The molecule has 1 saturated carbocycles. The van der Waals surface area contributed by atoms with E-state index in [1.54, 1.807) is 0 Å². The van der Waals surface area contributed by atoms with Crippen LogP contribution >= 0.6 is 0 Å². The SMILES string of the molecule is CC(C)(C)OC(=O)Nc1ccc(C2CN(Cc3ccccc3)CC23CN(C(=O)C2CC2(C)C)C3)cc1. The summed E-state index contributed by atoms with van der Waals surface area (Å²) >= 11 is 0. The van der Waals surface area contributed by atoms with Crippen molar-refractivity contribution in [1.29, 1.82) is 0 Å². The molecule has 3 aliphatic rings. The fraction of sp³-hybridized carbons (Fsp3) is 0.533. The van der Waals surface area contributed by atoms with Gasteiger partial charge in [-0.05, 0) is 55.9 Å². The van der Waals surface area contributed by atoms with Gasteiger partial charge in [0.15, 0.2) is 0 Å². The van der Waals surface area contributed by atoms with Gasteiger partial charge in [0.2, 0.25) is 5.91 Å². The van der Waals surface area contributed by atoms with E-state index in [1.807, 2.05) is 32.9 Å². The van der Waals surface area contributed by atoms with Crippen LogP contribution in [-0.2, 0) is 16.1 Å². The molecule has 192 valence electrons. The molecule has 1 spiro atoms. The number of rotatable bonds is 5. The molecule has 2 atom stereocenters. The Hall–Kier alpha value is -2.86. The molecule has 36 heavy (non-hydrogen) atoms. The standard InChI is InChI=1S/C30H39N3O3/c1-28(2,3)36-27(35)31-23-13-11-22(12-14-23)25-17-32(16-21-9-7-6-8-10-21)18-30(25)19-33(20-30)26(34)24-15-29(24,4)5/h6-14,24-25H,15-20H2,1-5H3,(H,31,35). The molecule has 2 aromatic carbocycles. The molecule has 0 bridgehead atoms. The minimum absolute atomic E-state index is 0.0730. The maximum atomic E-state index is 13.1. The van der Waals surface area contributed by atoms with Gasteiger partial charge in [-0.2, -0.15) is 0 Å². The minimum Gasteiger partial charge on any atom is -0.444 e. The molecule has 2 unspecified atom stereocenters. The van der Waals surface area contributed by atoms with Crippen molar-refractivity contribution in [3.8, 4) is 0 Å². The molecule has 2 amide bonds. The maximum Gasteiger partial charge on any atom is 0.412 e. The van der Waals surface area contributed by atoms with E-state index in [4.69, 9.17) is 4.74 Å². The first-order chi connectivity index (χ1) is 16.9. The van der Waals surface area contributed by atoms with Gasteiger partial charge >= 0.3 is 6.09 Å². The van der Waals surface area contributed by atoms with Crippen LogP contribution in [0.1, 0.15) is 58.1 Å². The third-order valence-corrected chi connectivity index (χ3v) is 8.06. The molecule has 0 radical (unpaired) electrons. The summed E-state index contributed by atoms with van der Waals surface area (Å²) < 4.78 is 5.38. The van der Waals surface area contributed by atoms with Crippen molar-refractivity contribution in [2.24, 2.45) is 16.7 Å². The first-order valence-corrected chi connectivity index (χ1v) is 13.1. The molecule has 2 aliphatic heterocycles. The van der Waals surface area contributed by atoms with Crippen LogP contribution in [0.5, 0.6) is 0 Å². The Morgan fingerprint density at radius 2 is 1.64 bits per heavy atom. The molecule has 2 saturated heterocycles. The van der Waals surface area contributed by atoms with Crippen molar-refractivity contribution >= 4 is 17.7 Å². The number of carbonyl (C=O) groups is 2. The number of likely N-dealkylation sites (tertiary alicyclic amines) is 2. The summed E-state index contributed by atoms with van der Waals surface area (Å²) in [6.07, 6.45) is 0.558. The minimum atomic E-state index is -0.536. The Morgan fingerprint density at radius 3 is 2.22 bits per heavy atom. The highest BCUT2D eigenvalue weighted by atomic mass is 16.6. The van der Waals surface area contributed by atoms with E-state index in [9.17, 15) is 9.59 Å². The summed E-state index contributed by atoms with van der Waals surface area (Å²) in [6.45, 7) is 14.5. The predicted octanol–water partition coefficient (Wildman–Crippen LogP) is 5.51. The largest absolute Gasteiger partial charge is 0.444 e. The Kier molecular flexibility index (Phi) is 6.14. The highest BCUT2D eigenvalue weighted by molar-refractivity contribution is 5.85. The lowest BCUT2D eigenvalue weighted by molar-refractivity contribution is -0.145. The van der Waals surface area contributed by atoms with Crippen LogP contribution in [0, 0.1) is 16.7 Å². The zero-order valence-corrected chi connectivity index (χ0v) is 22.2. The first kappa shape index (κ1) is 24.8. The number of hydrogen-bond donors (Lipinski definition) is 1. The molecule has 5 rings (SSSR count). The summed E-state index contributed by atoms with van der Waals surface area (Å²) in [4.78, 5) is 29.9. The number of nitrogens with one attached hydrogen (secondary N) is 1. The second-order valence-corrected chi connectivity index (χ2v) is 12.8. The zero-order chi connectivity index (χ0) is 25.7. The molecule has 6 nitrogen and oxygen atoms in total. The molecule has 3 fully saturated rings. The predicted molar refractivity (Wildman–Crippen MR) is 142 cm³/mol. The van der Waals surface area contributed by atoms with Crippen molar-refractivity contribution < 1.29 is 14.3 Å². The zero-order valence-electron chi connectivity index (χ0n) is 22.2. The van der Waals surface area contributed by atoms with Crippen LogP contribution < -0.4 is 5.32 Å². The normalized spacial score (nSPS) is 24.3. The highest BCUT2D eigenvalue weighted by Crippen LogP contribution is 2.55. The molecule has 2 heterocycles. The number of carbonyl (C=O) groups excluding carboxylic acids is 2. The number of ether oxygens (including phenoxy) is 1. The number of benzene rings is 2. The Bertz CT molecular complexity index is 1110. The average molecular weight is 490 g/mol. The number of amides is 2. The van der Waals surface area contributed by atoms with E-state index in [0.29, 0.717) is 11.8 Å². The van der Waals surface area contributed by atoms with Crippen LogP contribution in [0.4, 0.5) is 10.5 Å². The average Bonchev–Trinajstić information content (AvgIpc) is 3.25. The molecule has 1 aliphatic carbocycles. The van der Waals surface area contributed by atoms with Crippen LogP contribution in [0.3, 0.4) is 0 Å². The quantitative estimate of drug-likeness (QED) is 0.602. The Morgan fingerprint density at radius 1 is 1.00 bits per heavy atom. The smallest absolute Gasteiger partial charge is 0.412 e. The summed E-state index contributed by atoms with van der Waals surface area (Å²) in [7, 11) is 0.